The maximum Gasteiger partial charge on any atom is 0.253 e. The molecule has 0 radical (unpaired) electrons. The van der Waals surface area contributed by atoms with Crippen LogP contribution in [0.4, 0.5) is 0 Å². The predicted octanol–water partition coefficient (Wildman–Crippen LogP) is 5.00. The Morgan fingerprint density at radius 3 is 2.56 bits per heavy atom. The van der Waals surface area contributed by atoms with Crippen molar-refractivity contribution in [2.75, 3.05) is 13.2 Å². The lowest BCUT2D eigenvalue weighted by molar-refractivity contribution is 0.0925. The Morgan fingerprint density at radius 2 is 1.84 bits per heavy atom. The maximum atomic E-state index is 12.7. The van der Waals surface area contributed by atoms with Crippen molar-refractivity contribution in [3.63, 3.8) is 0 Å². The molecule has 25 heavy (non-hydrogen) atoms. The molecule has 3 rings (SSSR count). The average molecular weight is 425 g/mol. The van der Waals surface area contributed by atoms with Crippen molar-refractivity contribution in [3.05, 3.63) is 57.0 Å². The quantitative estimate of drug-likeness (QED) is 0.751. The summed E-state index contributed by atoms with van der Waals surface area (Å²) in [7, 11) is 0. The monoisotopic (exact) mass is 423 g/mol. The normalized spacial score (nSPS) is 14.3. The van der Waals surface area contributed by atoms with Gasteiger partial charge in [-0.25, -0.2) is 0 Å². The Hall–Kier alpha value is -1.72. The largest absolute Gasteiger partial charge is 0.486 e. The summed E-state index contributed by atoms with van der Waals surface area (Å²) in [5.74, 6) is 1.43. The highest BCUT2D eigenvalue weighted by atomic mass is 79.9. The van der Waals surface area contributed by atoms with Crippen LogP contribution in [0, 0.1) is 5.92 Å². The van der Waals surface area contributed by atoms with Gasteiger partial charge in [0, 0.05) is 4.47 Å². The number of rotatable bonds is 4. The summed E-state index contributed by atoms with van der Waals surface area (Å²) in [5, 5.41) is 3.50. The van der Waals surface area contributed by atoms with Crippen molar-refractivity contribution in [1.82, 2.24) is 5.32 Å². The molecule has 0 bridgehead atoms. The standard InChI is InChI=1S/C19H19BrClNO3/c1-11(2)18(12-3-6-16-17(9-12)25-8-7-24-16)22-19(23)14-10-13(20)4-5-15(14)21/h3-6,9-11,18H,7-8H2,1-2H3,(H,22,23). The highest BCUT2D eigenvalue weighted by molar-refractivity contribution is 9.10. The molecule has 1 aliphatic rings. The molecule has 6 heteroatoms. The second kappa shape index (κ2) is 7.67. The Bertz CT molecular complexity index is 794. The summed E-state index contributed by atoms with van der Waals surface area (Å²) < 4.78 is 12.0. The molecule has 0 spiro atoms. The Kier molecular flexibility index (Phi) is 5.54. The van der Waals surface area contributed by atoms with Crippen molar-refractivity contribution in [3.8, 4) is 11.5 Å². The van der Waals surface area contributed by atoms with Gasteiger partial charge < -0.3 is 14.8 Å². The van der Waals surface area contributed by atoms with Crippen LogP contribution >= 0.6 is 27.5 Å². The number of hydrogen-bond acceptors (Lipinski definition) is 3. The summed E-state index contributed by atoms with van der Waals surface area (Å²) in [5.41, 5.74) is 1.41. The van der Waals surface area contributed by atoms with Crippen LogP contribution in [0.2, 0.25) is 5.02 Å². The second-order valence-corrected chi connectivity index (χ2v) is 7.55. The van der Waals surface area contributed by atoms with Gasteiger partial charge in [-0.3, -0.25) is 4.79 Å². The van der Waals surface area contributed by atoms with E-state index in [1.165, 1.54) is 0 Å². The number of carbonyl (C=O) groups excluding carboxylic acids is 1. The van der Waals surface area contributed by atoms with Crippen molar-refractivity contribution in [1.29, 1.82) is 0 Å². The summed E-state index contributed by atoms with van der Waals surface area (Å²) in [6, 6.07) is 10.8. The number of hydrogen-bond donors (Lipinski definition) is 1. The first kappa shape index (κ1) is 18.1. The summed E-state index contributed by atoms with van der Waals surface area (Å²) in [6.45, 7) is 5.20. The van der Waals surface area contributed by atoms with Crippen LogP contribution in [-0.2, 0) is 0 Å². The molecule has 1 amide bonds. The van der Waals surface area contributed by atoms with Gasteiger partial charge in [0.15, 0.2) is 11.5 Å². The van der Waals surface area contributed by atoms with Crippen LogP contribution in [0.1, 0.15) is 35.8 Å². The SMILES string of the molecule is CC(C)C(NC(=O)c1cc(Br)ccc1Cl)c1ccc2c(c1)OCCO2. The minimum absolute atomic E-state index is 0.168. The summed E-state index contributed by atoms with van der Waals surface area (Å²) >= 11 is 9.55. The average Bonchev–Trinajstić information content (AvgIpc) is 2.60. The molecule has 1 atom stereocenters. The van der Waals surface area contributed by atoms with Crippen LogP contribution in [0.25, 0.3) is 0 Å². The number of carbonyl (C=O) groups is 1. The molecule has 0 saturated carbocycles. The molecule has 0 aliphatic carbocycles. The molecule has 1 heterocycles. The van der Waals surface area contributed by atoms with E-state index in [4.69, 9.17) is 21.1 Å². The Labute approximate surface area is 160 Å². The number of nitrogens with one attached hydrogen (secondary N) is 1. The second-order valence-electron chi connectivity index (χ2n) is 6.22. The van der Waals surface area contributed by atoms with Crippen LogP contribution in [-0.4, -0.2) is 19.1 Å². The lowest BCUT2D eigenvalue weighted by Gasteiger charge is -2.25. The third kappa shape index (κ3) is 4.10. The first-order chi connectivity index (χ1) is 12.0. The lowest BCUT2D eigenvalue weighted by atomic mass is 9.95. The zero-order chi connectivity index (χ0) is 18.0. The molecule has 1 unspecified atom stereocenters. The molecule has 4 nitrogen and oxygen atoms in total. The molecule has 2 aromatic carbocycles. The number of benzene rings is 2. The molecule has 1 N–H and O–H groups in total. The van der Waals surface area contributed by atoms with E-state index in [1.54, 1.807) is 18.2 Å². The fourth-order valence-electron chi connectivity index (χ4n) is 2.78. The van der Waals surface area contributed by atoms with E-state index in [-0.39, 0.29) is 17.9 Å². The zero-order valence-electron chi connectivity index (χ0n) is 14.0. The van der Waals surface area contributed by atoms with Crippen molar-refractivity contribution in [2.24, 2.45) is 5.92 Å². The van der Waals surface area contributed by atoms with E-state index in [2.05, 4.69) is 35.1 Å². The highest BCUT2D eigenvalue weighted by Gasteiger charge is 2.23. The van der Waals surface area contributed by atoms with Crippen molar-refractivity contribution in [2.45, 2.75) is 19.9 Å². The Balaban J connectivity index is 1.86. The van der Waals surface area contributed by atoms with E-state index in [0.29, 0.717) is 29.5 Å². The number of ether oxygens (including phenoxy) is 2. The van der Waals surface area contributed by atoms with Gasteiger partial charge in [0.2, 0.25) is 0 Å². The minimum Gasteiger partial charge on any atom is -0.486 e. The van der Waals surface area contributed by atoms with E-state index < -0.39 is 0 Å². The molecule has 0 aromatic heterocycles. The first-order valence-electron chi connectivity index (χ1n) is 8.11. The Morgan fingerprint density at radius 1 is 1.12 bits per heavy atom. The van der Waals surface area contributed by atoms with Gasteiger partial charge in [-0.15, -0.1) is 0 Å². The van der Waals surface area contributed by atoms with Crippen molar-refractivity contribution >= 4 is 33.4 Å². The van der Waals surface area contributed by atoms with Crippen LogP contribution in [0.15, 0.2) is 40.9 Å². The first-order valence-corrected chi connectivity index (χ1v) is 9.28. The van der Waals surface area contributed by atoms with E-state index in [0.717, 1.165) is 15.8 Å². The van der Waals surface area contributed by atoms with Gasteiger partial charge in [-0.05, 0) is 41.8 Å². The smallest absolute Gasteiger partial charge is 0.253 e. The summed E-state index contributed by atoms with van der Waals surface area (Å²) in [4.78, 5) is 12.7. The number of amides is 1. The van der Waals surface area contributed by atoms with Gasteiger partial charge in [-0.1, -0.05) is 47.4 Å². The van der Waals surface area contributed by atoms with Crippen LogP contribution in [0.5, 0.6) is 11.5 Å². The predicted molar refractivity (Wildman–Crippen MR) is 102 cm³/mol. The lowest BCUT2D eigenvalue weighted by Crippen LogP contribution is -2.32. The molecular weight excluding hydrogens is 406 g/mol. The van der Waals surface area contributed by atoms with Gasteiger partial charge in [-0.2, -0.15) is 0 Å². The van der Waals surface area contributed by atoms with Crippen LogP contribution < -0.4 is 14.8 Å². The molecule has 132 valence electrons. The summed E-state index contributed by atoms with van der Waals surface area (Å²) in [6.07, 6.45) is 0. The number of fused-ring (bicyclic) bond motifs is 1. The van der Waals surface area contributed by atoms with E-state index in [1.807, 2.05) is 18.2 Å². The van der Waals surface area contributed by atoms with Gasteiger partial charge in [0.05, 0.1) is 16.6 Å². The maximum absolute atomic E-state index is 12.7. The molecule has 0 saturated heterocycles. The van der Waals surface area contributed by atoms with Crippen LogP contribution in [0.3, 0.4) is 0 Å². The van der Waals surface area contributed by atoms with Crippen molar-refractivity contribution < 1.29 is 14.3 Å². The third-order valence-corrected chi connectivity index (χ3v) is 4.87. The van der Waals surface area contributed by atoms with E-state index >= 15 is 0 Å². The fraction of sp³-hybridized carbons (Fsp3) is 0.316. The highest BCUT2D eigenvalue weighted by Crippen LogP contribution is 2.34. The third-order valence-electron chi connectivity index (χ3n) is 4.05. The fourth-order valence-corrected chi connectivity index (χ4v) is 3.34. The minimum atomic E-state index is -0.208. The van der Waals surface area contributed by atoms with Gasteiger partial charge in [0.25, 0.3) is 5.91 Å². The molecule has 2 aromatic rings. The zero-order valence-corrected chi connectivity index (χ0v) is 16.4. The van der Waals surface area contributed by atoms with Gasteiger partial charge in [0.1, 0.15) is 13.2 Å². The van der Waals surface area contributed by atoms with Gasteiger partial charge >= 0.3 is 0 Å². The van der Waals surface area contributed by atoms with E-state index in [9.17, 15) is 4.79 Å². The topological polar surface area (TPSA) is 47.6 Å². The number of halogens is 2. The molecule has 1 aliphatic heterocycles. The molecule has 0 fully saturated rings. The molecular formula is C19H19BrClNO3.